The van der Waals surface area contributed by atoms with Gasteiger partial charge in [0.2, 0.25) is 0 Å². The zero-order chi connectivity index (χ0) is 16.7. The molecule has 0 atom stereocenters. The highest BCUT2D eigenvalue weighted by atomic mass is 16.3. The van der Waals surface area contributed by atoms with Crippen molar-refractivity contribution in [2.24, 2.45) is 0 Å². The average molecular weight is 317 g/mol. The number of hydrogen-bond donors (Lipinski definition) is 0. The van der Waals surface area contributed by atoms with E-state index in [0.29, 0.717) is 24.4 Å². The van der Waals surface area contributed by atoms with Crippen LogP contribution in [0.3, 0.4) is 0 Å². The van der Waals surface area contributed by atoms with Gasteiger partial charge in [-0.15, -0.1) is 0 Å². The molecule has 0 aliphatic carbocycles. The van der Waals surface area contributed by atoms with E-state index in [2.05, 4.69) is 0 Å². The topological polar surface area (TPSA) is 50.5 Å². The molecule has 2 aromatic carbocycles. The summed E-state index contributed by atoms with van der Waals surface area (Å²) in [6, 6.07) is 17.1. The van der Waals surface area contributed by atoms with Crippen molar-refractivity contribution >= 4 is 12.2 Å². The number of benzene rings is 2. The van der Waals surface area contributed by atoms with Gasteiger partial charge in [-0.25, -0.2) is 0 Å². The summed E-state index contributed by atoms with van der Waals surface area (Å²) in [7, 11) is 1.81. The zero-order valence-corrected chi connectivity index (χ0v) is 13.2. The van der Waals surface area contributed by atoms with Gasteiger partial charge < -0.3 is 9.32 Å². The minimum atomic E-state index is 0.0468. The number of amides is 1. The molecule has 4 nitrogen and oxygen atoms in total. The molecule has 0 unspecified atom stereocenters. The molecule has 4 heteroatoms. The Morgan fingerprint density at radius 3 is 2.38 bits per heavy atom. The summed E-state index contributed by atoms with van der Waals surface area (Å²) in [5, 5.41) is 0. The Balaban J connectivity index is 1.91. The second-order valence-electron chi connectivity index (χ2n) is 5.86. The van der Waals surface area contributed by atoms with Crippen molar-refractivity contribution in [3.05, 3.63) is 71.5 Å². The van der Waals surface area contributed by atoms with Crippen LogP contribution in [0.4, 0.5) is 0 Å². The molecular formula is C20H15NO3. The molecule has 1 aromatic heterocycles. The second kappa shape index (κ2) is 5.49. The van der Waals surface area contributed by atoms with Gasteiger partial charge in [-0.3, -0.25) is 9.59 Å². The van der Waals surface area contributed by atoms with Gasteiger partial charge in [-0.1, -0.05) is 36.4 Å². The Kier molecular flexibility index (Phi) is 3.31. The van der Waals surface area contributed by atoms with E-state index in [1.165, 1.54) is 0 Å². The van der Waals surface area contributed by atoms with Gasteiger partial charge in [-0.05, 0) is 34.9 Å². The van der Waals surface area contributed by atoms with E-state index in [1.807, 2.05) is 42.5 Å². The number of furan rings is 1. The van der Waals surface area contributed by atoms with E-state index >= 15 is 0 Å². The molecule has 0 bridgehead atoms. The fourth-order valence-electron chi connectivity index (χ4n) is 3.22. The molecule has 0 saturated heterocycles. The first-order valence-electron chi connectivity index (χ1n) is 7.71. The molecule has 0 N–H and O–H groups in total. The maximum Gasteiger partial charge on any atom is 0.254 e. The molecule has 0 fully saturated rings. The number of aldehydes is 1. The summed E-state index contributed by atoms with van der Waals surface area (Å²) in [6.45, 7) is 0.594. The Labute approximate surface area is 139 Å². The first kappa shape index (κ1) is 14.5. The van der Waals surface area contributed by atoms with Gasteiger partial charge in [0.1, 0.15) is 5.76 Å². The van der Waals surface area contributed by atoms with Crippen LogP contribution in [0, 0.1) is 0 Å². The molecule has 4 rings (SSSR count). The SMILES string of the molecule is CN1Cc2c(cccc2-c2ccccc2-c2ccc(C=O)o2)C1=O. The number of carbonyl (C=O) groups is 2. The van der Waals surface area contributed by atoms with E-state index in [4.69, 9.17) is 4.42 Å². The van der Waals surface area contributed by atoms with Gasteiger partial charge in [-0.2, -0.15) is 0 Å². The molecule has 0 saturated carbocycles. The van der Waals surface area contributed by atoms with Crippen LogP contribution in [-0.2, 0) is 6.54 Å². The van der Waals surface area contributed by atoms with E-state index < -0.39 is 0 Å². The fourth-order valence-corrected chi connectivity index (χ4v) is 3.22. The van der Waals surface area contributed by atoms with Crippen molar-refractivity contribution < 1.29 is 14.0 Å². The molecule has 0 radical (unpaired) electrons. The van der Waals surface area contributed by atoms with Crippen LogP contribution in [0.1, 0.15) is 26.5 Å². The maximum atomic E-state index is 12.2. The first-order valence-corrected chi connectivity index (χ1v) is 7.71. The van der Waals surface area contributed by atoms with Crippen LogP contribution in [0.2, 0.25) is 0 Å². The summed E-state index contributed by atoms with van der Waals surface area (Å²) < 4.78 is 5.60. The van der Waals surface area contributed by atoms with Gasteiger partial charge in [0.15, 0.2) is 12.0 Å². The van der Waals surface area contributed by atoms with Crippen molar-refractivity contribution in [2.45, 2.75) is 6.54 Å². The number of nitrogens with zero attached hydrogens (tertiary/aromatic N) is 1. The predicted octanol–water partition coefficient (Wildman–Crippen LogP) is 4.01. The minimum absolute atomic E-state index is 0.0468. The normalized spacial score (nSPS) is 13.2. The lowest BCUT2D eigenvalue weighted by Gasteiger charge is -2.12. The Hall–Kier alpha value is -3.14. The van der Waals surface area contributed by atoms with Gasteiger partial charge >= 0.3 is 0 Å². The summed E-state index contributed by atoms with van der Waals surface area (Å²) in [5.74, 6) is 0.988. The highest BCUT2D eigenvalue weighted by molar-refractivity contribution is 6.01. The monoisotopic (exact) mass is 317 g/mol. The summed E-state index contributed by atoms with van der Waals surface area (Å²) >= 11 is 0. The first-order chi connectivity index (χ1) is 11.7. The summed E-state index contributed by atoms with van der Waals surface area (Å²) in [4.78, 5) is 24.9. The third kappa shape index (κ3) is 2.15. The van der Waals surface area contributed by atoms with Crippen molar-refractivity contribution in [3.63, 3.8) is 0 Å². The quantitative estimate of drug-likeness (QED) is 0.686. The standard InChI is InChI=1S/C20H15NO3/c1-21-11-18-15(7-4-8-17(18)20(21)23)14-5-2-3-6-16(14)19-10-9-13(12-22)24-19/h2-10,12H,11H2,1H3. The summed E-state index contributed by atoms with van der Waals surface area (Å²) in [6.07, 6.45) is 0.694. The fraction of sp³-hybridized carbons (Fsp3) is 0.100. The van der Waals surface area contributed by atoms with Crippen LogP contribution in [-0.4, -0.2) is 24.1 Å². The third-order valence-electron chi connectivity index (χ3n) is 4.37. The number of carbonyl (C=O) groups excluding carboxylic acids is 2. The highest BCUT2D eigenvalue weighted by Gasteiger charge is 2.27. The van der Waals surface area contributed by atoms with E-state index in [-0.39, 0.29) is 5.91 Å². The predicted molar refractivity (Wildman–Crippen MR) is 90.8 cm³/mol. The number of fused-ring (bicyclic) bond motifs is 1. The zero-order valence-electron chi connectivity index (χ0n) is 13.2. The molecule has 1 aliphatic heterocycles. The molecule has 2 heterocycles. The molecule has 118 valence electrons. The lowest BCUT2D eigenvalue weighted by molar-refractivity contribution is 0.0816. The van der Waals surface area contributed by atoms with Crippen LogP contribution in [0.5, 0.6) is 0 Å². The maximum absolute atomic E-state index is 12.2. The molecule has 0 spiro atoms. The van der Waals surface area contributed by atoms with E-state index in [9.17, 15) is 9.59 Å². The van der Waals surface area contributed by atoms with Crippen LogP contribution in [0.15, 0.2) is 59.0 Å². The summed E-state index contributed by atoms with van der Waals surface area (Å²) in [5.41, 5.74) is 4.69. The largest absolute Gasteiger partial charge is 0.453 e. The second-order valence-corrected chi connectivity index (χ2v) is 5.86. The molecular weight excluding hydrogens is 302 g/mol. The lowest BCUT2D eigenvalue weighted by atomic mass is 9.92. The Morgan fingerprint density at radius 2 is 1.62 bits per heavy atom. The van der Waals surface area contributed by atoms with Gasteiger partial charge in [0.05, 0.1) is 0 Å². The Bertz CT molecular complexity index is 955. The lowest BCUT2D eigenvalue weighted by Crippen LogP contribution is -2.17. The van der Waals surface area contributed by atoms with Crippen LogP contribution >= 0.6 is 0 Å². The molecule has 3 aromatic rings. The highest BCUT2D eigenvalue weighted by Crippen LogP contribution is 2.38. The van der Waals surface area contributed by atoms with E-state index in [1.54, 1.807) is 24.1 Å². The third-order valence-corrected chi connectivity index (χ3v) is 4.37. The van der Waals surface area contributed by atoms with Crippen molar-refractivity contribution in [1.82, 2.24) is 4.90 Å². The average Bonchev–Trinajstić information content (AvgIpc) is 3.20. The van der Waals surface area contributed by atoms with Crippen molar-refractivity contribution in [1.29, 1.82) is 0 Å². The van der Waals surface area contributed by atoms with Crippen LogP contribution in [0.25, 0.3) is 22.5 Å². The van der Waals surface area contributed by atoms with Crippen molar-refractivity contribution in [2.75, 3.05) is 7.05 Å². The van der Waals surface area contributed by atoms with Gasteiger partial charge in [0.25, 0.3) is 5.91 Å². The van der Waals surface area contributed by atoms with Crippen molar-refractivity contribution in [3.8, 4) is 22.5 Å². The molecule has 24 heavy (non-hydrogen) atoms. The van der Waals surface area contributed by atoms with Crippen LogP contribution < -0.4 is 0 Å². The number of rotatable bonds is 3. The van der Waals surface area contributed by atoms with Gasteiger partial charge in [0, 0.05) is 24.7 Å². The van der Waals surface area contributed by atoms with E-state index in [0.717, 1.165) is 27.8 Å². The smallest absolute Gasteiger partial charge is 0.254 e. The Morgan fingerprint density at radius 1 is 0.917 bits per heavy atom. The number of hydrogen-bond acceptors (Lipinski definition) is 3. The minimum Gasteiger partial charge on any atom is -0.453 e. The molecule has 1 amide bonds. The molecule has 1 aliphatic rings.